The van der Waals surface area contributed by atoms with Gasteiger partial charge in [0.25, 0.3) is 0 Å². The van der Waals surface area contributed by atoms with Gasteiger partial charge in [-0.2, -0.15) is 0 Å². The number of halogens is 1. The molecule has 1 aromatic heterocycles. The quantitative estimate of drug-likeness (QED) is 0.441. The number of aromatic amines is 1. The Morgan fingerprint density at radius 1 is 1.30 bits per heavy atom. The Kier molecular flexibility index (Phi) is 6.48. The molecule has 2 rings (SSSR count). The van der Waals surface area contributed by atoms with Gasteiger partial charge in [0.2, 0.25) is 0 Å². The number of benzene rings is 1. The van der Waals surface area contributed by atoms with Gasteiger partial charge in [-0.25, -0.2) is 0 Å². The van der Waals surface area contributed by atoms with Crippen molar-refractivity contribution in [2.24, 2.45) is 0 Å². The van der Waals surface area contributed by atoms with Gasteiger partial charge in [0, 0.05) is 23.9 Å². The summed E-state index contributed by atoms with van der Waals surface area (Å²) in [6.07, 6.45) is 4.26. The Labute approximate surface area is 142 Å². The van der Waals surface area contributed by atoms with Crippen LogP contribution in [-0.2, 0) is 11.2 Å². The highest BCUT2D eigenvalue weighted by molar-refractivity contribution is 6.32. The number of unbranched alkanes of at least 4 members (excludes halogenated alkanes) is 2. The molecule has 0 atom stereocenters. The number of nitrogens with one attached hydrogen (secondary N) is 1. The van der Waals surface area contributed by atoms with Gasteiger partial charge < -0.3 is 14.6 Å². The highest BCUT2D eigenvalue weighted by Crippen LogP contribution is 2.34. The molecule has 2 aromatic rings. The summed E-state index contributed by atoms with van der Waals surface area (Å²) in [7, 11) is 4.05. The van der Waals surface area contributed by atoms with Crippen LogP contribution >= 0.6 is 11.6 Å². The van der Waals surface area contributed by atoms with Gasteiger partial charge in [0.05, 0.1) is 5.52 Å². The summed E-state index contributed by atoms with van der Waals surface area (Å²) in [6, 6.07) is 5.66. The van der Waals surface area contributed by atoms with Crippen LogP contribution in [0, 0.1) is 0 Å². The van der Waals surface area contributed by atoms with E-state index in [1.54, 1.807) is 0 Å². The van der Waals surface area contributed by atoms with Gasteiger partial charge in [0.1, 0.15) is 10.9 Å². The van der Waals surface area contributed by atoms with Gasteiger partial charge in [-0.1, -0.05) is 37.4 Å². The molecule has 0 aliphatic carbocycles. The topological polar surface area (TPSA) is 45.3 Å². The summed E-state index contributed by atoms with van der Waals surface area (Å²) in [5.41, 5.74) is 1.91. The molecule has 1 aromatic carbocycles. The molecule has 0 unspecified atom stereocenters. The van der Waals surface area contributed by atoms with Crippen molar-refractivity contribution >= 4 is 28.5 Å². The van der Waals surface area contributed by atoms with E-state index < -0.39 is 0 Å². The monoisotopic (exact) mass is 336 g/mol. The van der Waals surface area contributed by atoms with Crippen LogP contribution in [0.5, 0.6) is 5.75 Å². The molecule has 0 aliphatic rings. The Hall–Kier alpha value is -1.52. The zero-order chi connectivity index (χ0) is 16.8. The third-order valence-corrected chi connectivity index (χ3v) is 4.18. The average Bonchev–Trinajstić information content (AvgIpc) is 2.82. The molecule has 0 aliphatic heterocycles. The van der Waals surface area contributed by atoms with E-state index in [0.717, 1.165) is 48.7 Å². The van der Waals surface area contributed by atoms with Gasteiger partial charge in [-0.3, -0.25) is 4.79 Å². The van der Waals surface area contributed by atoms with Crippen LogP contribution in [0.25, 0.3) is 10.9 Å². The lowest BCUT2D eigenvalue weighted by molar-refractivity contribution is -0.134. The number of hydrogen-bond acceptors (Lipinski definition) is 3. The maximum absolute atomic E-state index is 12.0. The first-order chi connectivity index (χ1) is 11.0. The molecule has 0 fully saturated rings. The molecule has 5 heteroatoms. The van der Waals surface area contributed by atoms with Crippen molar-refractivity contribution in [3.05, 3.63) is 28.9 Å². The minimum atomic E-state index is -0.179. The second kappa shape index (κ2) is 8.37. The first-order valence-electron chi connectivity index (χ1n) is 8.17. The Bertz CT molecular complexity index is 664. The SMILES string of the molecule is CCCCCC(=O)Oc1cccc2[nH]c(Cl)c(CCN(C)C)c12. The van der Waals surface area contributed by atoms with E-state index in [0.29, 0.717) is 17.3 Å². The fourth-order valence-electron chi connectivity index (χ4n) is 2.60. The molecule has 1 heterocycles. The first kappa shape index (κ1) is 17.8. The number of nitrogens with zero attached hydrogens (tertiary/aromatic N) is 1. The van der Waals surface area contributed by atoms with E-state index in [2.05, 4.69) is 16.8 Å². The first-order valence-corrected chi connectivity index (χ1v) is 8.55. The third kappa shape index (κ3) is 4.72. The molecule has 4 nitrogen and oxygen atoms in total. The highest BCUT2D eigenvalue weighted by atomic mass is 35.5. The minimum absolute atomic E-state index is 0.179. The molecular formula is C18H25ClN2O2. The normalized spacial score (nSPS) is 11.3. The molecule has 0 spiro atoms. The summed E-state index contributed by atoms with van der Waals surface area (Å²) < 4.78 is 5.60. The molecule has 23 heavy (non-hydrogen) atoms. The van der Waals surface area contributed by atoms with Crippen LogP contribution in [0.4, 0.5) is 0 Å². The molecule has 1 N–H and O–H groups in total. The summed E-state index contributed by atoms with van der Waals surface area (Å²) in [5, 5.41) is 1.54. The number of rotatable bonds is 8. The summed E-state index contributed by atoms with van der Waals surface area (Å²) in [4.78, 5) is 17.3. The van der Waals surface area contributed by atoms with Gasteiger partial charge >= 0.3 is 5.97 Å². The second-order valence-electron chi connectivity index (χ2n) is 6.08. The molecular weight excluding hydrogens is 312 g/mol. The number of hydrogen-bond donors (Lipinski definition) is 1. The predicted octanol–water partition coefficient (Wildman–Crippen LogP) is 4.41. The van der Waals surface area contributed by atoms with E-state index in [1.165, 1.54) is 0 Å². The molecule has 0 saturated carbocycles. The molecule has 0 bridgehead atoms. The lowest BCUT2D eigenvalue weighted by Crippen LogP contribution is -2.15. The summed E-state index contributed by atoms with van der Waals surface area (Å²) in [5.74, 6) is 0.419. The summed E-state index contributed by atoms with van der Waals surface area (Å²) in [6.45, 7) is 3.00. The summed E-state index contributed by atoms with van der Waals surface area (Å²) >= 11 is 6.35. The van der Waals surface area contributed by atoms with Crippen LogP contribution in [0.15, 0.2) is 18.2 Å². The molecule has 0 saturated heterocycles. The number of likely N-dealkylation sites (N-methyl/N-ethyl adjacent to an activating group) is 1. The molecule has 126 valence electrons. The van der Waals surface area contributed by atoms with Gasteiger partial charge in [-0.15, -0.1) is 0 Å². The Morgan fingerprint density at radius 3 is 2.78 bits per heavy atom. The van der Waals surface area contributed by atoms with Crippen molar-refractivity contribution in [2.45, 2.75) is 39.0 Å². The average molecular weight is 337 g/mol. The number of carbonyl (C=O) groups is 1. The zero-order valence-electron chi connectivity index (χ0n) is 14.1. The fourth-order valence-corrected chi connectivity index (χ4v) is 2.89. The van der Waals surface area contributed by atoms with E-state index in [-0.39, 0.29) is 5.97 Å². The standard InChI is InChI=1S/C18H25ClN2O2/c1-4-5-6-10-16(22)23-15-9-7-8-14-17(15)13(18(19)20-14)11-12-21(2)3/h7-9,20H,4-6,10-12H2,1-3H3. The van der Waals surface area contributed by atoms with Crippen LogP contribution in [0.2, 0.25) is 5.15 Å². The largest absolute Gasteiger partial charge is 0.426 e. The lowest BCUT2D eigenvalue weighted by Gasteiger charge is -2.11. The van der Waals surface area contributed by atoms with Crippen molar-refractivity contribution in [2.75, 3.05) is 20.6 Å². The van der Waals surface area contributed by atoms with Crippen molar-refractivity contribution in [3.63, 3.8) is 0 Å². The smallest absolute Gasteiger partial charge is 0.311 e. The highest BCUT2D eigenvalue weighted by Gasteiger charge is 2.16. The molecule has 0 amide bonds. The Balaban J connectivity index is 2.23. The number of H-pyrrole nitrogens is 1. The fraction of sp³-hybridized carbons (Fsp3) is 0.500. The number of esters is 1. The maximum Gasteiger partial charge on any atom is 0.311 e. The van der Waals surface area contributed by atoms with Crippen LogP contribution in [-0.4, -0.2) is 36.5 Å². The van der Waals surface area contributed by atoms with E-state index in [1.807, 2.05) is 32.3 Å². The van der Waals surface area contributed by atoms with Crippen LogP contribution in [0.1, 0.15) is 38.2 Å². The van der Waals surface area contributed by atoms with E-state index >= 15 is 0 Å². The van der Waals surface area contributed by atoms with Crippen molar-refractivity contribution in [1.29, 1.82) is 0 Å². The minimum Gasteiger partial charge on any atom is -0.426 e. The maximum atomic E-state index is 12.0. The Morgan fingerprint density at radius 2 is 2.09 bits per heavy atom. The van der Waals surface area contributed by atoms with Crippen molar-refractivity contribution < 1.29 is 9.53 Å². The van der Waals surface area contributed by atoms with Gasteiger partial charge in [-0.05, 0) is 39.1 Å². The van der Waals surface area contributed by atoms with Crippen molar-refractivity contribution in [1.82, 2.24) is 9.88 Å². The number of fused-ring (bicyclic) bond motifs is 1. The number of carbonyl (C=O) groups excluding carboxylic acids is 1. The second-order valence-corrected chi connectivity index (χ2v) is 6.46. The lowest BCUT2D eigenvalue weighted by atomic mass is 10.1. The van der Waals surface area contributed by atoms with Gasteiger partial charge in [0.15, 0.2) is 0 Å². The van der Waals surface area contributed by atoms with E-state index in [9.17, 15) is 4.79 Å². The predicted molar refractivity (Wildman–Crippen MR) is 95.3 cm³/mol. The van der Waals surface area contributed by atoms with E-state index in [4.69, 9.17) is 16.3 Å². The third-order valence-electron chi connectivity index (χ3n) is 3.85. The van der Waals surface area contributed by atoms with Crippen LogP contribution < -0.4 is 4.74 Å². The number of aromatic nitrogens is 1. The number of ether oxygens (including phenoxy) is 1. The zero-order valence-corrected chi connectivity index (χ0v) is 14.9. The van der Waals surface area contributed by atoms with Crippen molar-refractivity contribution in [3.8, 4) is 5.75 Å². The molecule has 0 radical (unpaired) electrons. The van der Waals surface area contributed by atoms with Crippen LogP contribution in [0.3, 0.4) is 0 Å².